The highest BCUT2D eigenvalue weighted by molar-refractivity contribution is 7.91. The van der Waals surface area contributed by atoms with Crippen LogP contribution >= 0.6 is 0 Å². The molecule has 1 aromatic heterocycles. The fourth-order valence-corrected chi connectivity index (χ4v) is 3.21. The Hall–Kier alpha value is -1.14. The number of sulfone groups is 1. The van der Waals surface area contributed by atoms with Crippen molar-refractivity contribution in [2.45, 2.75) is 20.0 Å². The largest absolute Gasteiger partial charge is 0.392 e. The van der Waals surface area contributed by atoms with Crippen LogP contribution in [0.5, 0.6) is 0 Å². The van der Waals surface area contributed by atoms with Crippen molar-refractivity contribution in [3.63, 3.8) is 0 Å². The molecule has 1 aliphatic heterocycles. The molecule has 0 atom stereocenters. The Morgan fingerprint density at radius 2 is 2.00 bits per heavy atom. The average Bonchev–Trinajstić information content (AvgIpc) is 2.38. The molecule has 1 fully saturated rings. The fraction of sp³-hybridized carbons (Fsp3) is 0.583. The van der Waals surface area contributed by atoms with Gasteiger partial charge < -0.3 is 10.0 Å². The molecule has 100 valence electrons. The Bertz CT molecular complexity index is 492. The molecule has 18 heavy (non-hydrogen) atoms. The zero-order chi connectivity index (χ0) is 13.2. The van der Waals surface area contributed by atoms with E-state index >= 15 is 0 Å². The summed E-state index contributed by atoms with van der Waals surface area (Å²) in [6.07, 6.45) is 0.799. The lowest BCUT2D eigenvalue weighted by atomic mass is 10.2. The van der Waals surface area contributed by atoms with Crippen LogP contribution in [0.15, 0.2) is 12.1 Å². The van der Waals surface area contributed by atoms with E-state index in [0.29, 0.717) is 13.1 Å². The highest BCUT2D eigenvalue weighted by Gasteiger charge is 2.22. The first kappa shape index (κ1) is 13.3. The second-order valence-corrected chi connectivity index (χ2v) is 6.78. The molecule has 6 heteroatoms. The lowest BCUT2D eigenvalue weighted by Crippen LogP contribution is -2.40. The van der Waals surface area contributed by atoms with E-state index in [9.17, 15) is 13.5 Å². The maximum absolute atomic E-state index is 11.4. The van der Waals surface area contributed by atoms with Crippen molar-refractivity contribution in [2.24, 2.45) is 0 Å². The minimum absolute atomic E-state index is 0.0192. The molecule has 0 aliphatic carbocycles. The molecule has 1 N–H and O–H groups in total. The summed E-state index contributed by atoms with van der Waals surface area (Å²) in [4.78, 5) is 6.46. The van der Waals surface area contributed by atoms with E-state index in [4.69, 9.17) is 0 Å². The van der Waals surface area contributed by atoms with Gasteiger partial charge in [0.05, 0.1) is 18.1 Å². The van der Waals surface area contributed by atoms with Crippen molar-refractivity contribution in [2.75, 3.05) is 29.5 Å². The minimum Gasteiger partial charge on any atom is -0.392 e. The van der Waals surface area contributed by atoms with Crippen LogP contribution in [0.25, 0.3) is 0 Å². The number of nitrogens with zero attached hydrogens (tertiary/aromatic N) is 2. The number of aromatic nitrogens is 1. The number of pyridine rings is 1. The Balaban J connectivity index is 2.23. The Morgan fingerprint density at radius 1 is 1.33 bits per heavy atom. The van der Waals surface area contributed by atoms with Gasteiger partial charge in [-0.2, -0.15) is 0 Å². The molecule has 0 amide bonds. The molecule has 0 bridgehead atoms. The van der Waals surface area contributed by atoms with Gasteiger partial charge in [0.25, 0.3) is 0 Å². The standard InChI is InChI=1S/C12H18N2O3S/c1-2-11-7-10(9-15)8-12(13-11)14-3-5-18(16,17)6-4-14/h7-8,15H,2-6,9H2,1H3. The average molecular weight is 270 g/mol. The fourth-order valence-electron chi connectivity index (χ4n) is 2.01. The van der Waals surface area contributed by atoms with Gasteiger partial charge in [-0.05, 0) is 24.1 Å². The van der Waals surface area contributed by atoms with Gasteiger partial charge in [-0.1, -0.05) is 6.92 Å². The molecule has 5 nitrogen and oxygen atoms in total. The molecule has 0 spiro atoms. The lowest BCUT2D eigenvalue weighted by molar-refractivity contribution is 0.281. The number of rotatable bonds is 3. The SMILES string of the molecule is CCc1cc(CO)cc(N2CCS(=O)(=O)CC2)n1. The van der Waals surface area contributed by atoms with Crippen LogP contribution < -0.4 is 4.90 Å². The van der Waals surface area contributed by atoms with Crippen LogP contribution in [0.4, 0.5) is 5.82 Å². The van der Waals surface area contributed by atoms with Crippen molar-refractivity contribution in [1.82, 2.24) is 4.98 Å². The summed E-state index contributed by atoms with van der Waals surface area (Å²) >= 11 is 0. The molecule has 1 aliphatic rings. The molecular formula is C12H18N2O3S. The molecular weight excluding hydrogens is 252 g/mol. The van der Waals surface area contributed by atoms with E-state index in [2.05, 4.69) is 4.98 Å². The maximum atomic E-state index is 11.4. The van der Waals surface area contributed by atoms with Gasteiger partial charge in [0.15, 0.2) is 9.84 Å². The first-order valence-corrected chi connectivity index (χ1v) is 7.92. The number of aliphatic hydroxyl groups excluding tert-OH is 1. The van der Waals surface area contributed by atoms with Crippen LogP contribution in [0.3, 0.4) is 0 Å². The van der Waals surface area contributed by atoms with Crippen molar-refractivity contribution in [1.29, 1.82) is 0 Å². The molecule has 2 rings (SSSR count). The Kier molecular flexibility index (Phi) is 3.87. The highest BCUT2D eigenvalue weighted by Crippen LogP contribution is 2.18. The van der Waals surface area contributed by atoms with Crippen molar-refractivity contribution < 1.29 is 13.5 Å². The van der Waals surface area contributed by atoms with E-state index in [1.54, 1.807) is 0 Å². The normalized spacial score (nSPS) is 18.9. The molecule has 0 radical (unpaired) electrons. The topological polar surface area (TPSA) is 70.5 Å². The molecule has 1 saturated heterocycles. The quantitative estimate of drug-likeness (QED) is 0.859. The molecule has 0 aromatic carbocycles. The third-order valence-corrected chi connectivity index (χ3v) is 4.75. The predicted octanol–water partition coefficient (Wildman–Crippen LogP) is 0.371. The van der Waals surface area contributed by atoms with Gasteiger partial charge in [-0.3, -0.25) is 0 Å². The zero-order valence-electron chi connectivity index (χ0n) is 10.5. The number of aryl methyl sites for hydroxylation is 1. The second-order valence-electron chi connectivity index (χ2n) is 4.48. The predicted molar refractivity (Wildman–Crippen MR) is 70.4 cm³/mol. The third kappa shape index (κ3) is 3.00. The highest BCUT2D eigenvalue weighted by atomic mass is 32.2. The van der Waals surface area contributed by atoms with Crippen LogP contribution in [-0.2, 0) is 22.9 Å². The number of hydrogen-bond acceptors (Lipinski definition) is 5. The number of aliphatic hydroxyl groups is 1. The summed E-state index contributed by atoms with van der Waals surface area (Å²) in [6.45, 7) is 2.95. The molecule has 1 aromatic rings. The number of hydrogen-bond donors (Lipinski definition) is 1. The summed E-state index contributed by atoms with van der Waals surface area (Å²) in [7, 11) is -2.87. The van der Waals surface area contributed by atoms with Gasteiger partial charge in [0.2, 0.25) is 0 Å². The summed E-state index contributed by atoms with van der Waals surface area (Å²) in [6, 6.07) is 3.71. The monoisotopic (exact) mass is 270 g/mol. The van der Waals surface area contributed by atoms with Gasteiger partial charge in [0.1, 0.15) is 5.82 Å². The van der Waals surface area contributed by atoms with E-state index < -0.39 is 9.84 Å². The van der Waals surface area contributed by atoms with Crippen LogP contribution in [0, 0.1) is 0 Å². The summed E-state index contributed by atoms with van der Waals surface area (Å²) in [5.74, 6) is 1.13. The summed E-state index contributed by atoms with van der Waals surface area (Å²) in [5.41, 5.74) is 1.75. The van der Waals surface area contributed by atoms with Crippen molar-refractivity contribution >= 4 is 15.7 Å². The first-order chi connectivity index (χ1) is 8.54. The van der Waals surface area contributed by atoms with E-state index in [1.807, 2.05) is 24.0 Å². The Morgan fingerprint density at radius 3 is 2.56 bits per heavy atom. The zero-order valence-corrected chi connectivity index (χ0v) is 11.3. The summed E-state index contributed by atoms with van der Waals surface area (Å²) < 4.78 is 22.8. The smallest absolute Gasteiger partial charge is 0.153 e. The van der Waals surface area contributed by atoms with Crippen molar-refractivity contribution in [3.8, 4) is 0 Å². The Labute approximate surface area is 107 Å². The van der Waals surface area contributed by atoms with Gasteiger partial charge in [0, 0.05) is 18.8 Å². The van der Waals surface area contributed by atoms with E-state index in [0.717, 1.165) is 23.5 Å². The first-order valence-electron chi connectivity index (χ1n) is 6.10. The summed E-state index contributed by atoms with van der Waals surface area (Å²) in [5, 5.41) is 9.22. The van der Waals surface area contributed by atoms with Crippen molar-refractivity contribution in [3.05, 3.63) is 23.4 Å². The van der Waals surface area contributed by atoms with Gasteiger partial charge >= 0.3 is 0 Å². The van der Waals surface area contributed by atoms with E-state index in [-0.39, 0.29) is 18.1 Å². The maximum Gasteiger partial charge on any atom is 0.153 e. The molecule has 0 unspecified atom stereocenters. The van der Waals surface area contributed by atoms with Crippen LogP contribution in [-0.4, -0.2) is 43.1 Å². The molecule has 2 heterocycles. The number of anilines is 1. The minimum atomic E-state index is -2.87. The molecule has 0 saturated carbocycles. The lowest BCUT2D eigenvalue weighted by Gasteiger charge is -2.28. The third-order valence-electron chi connectivity index (χ3n) is 3.14. The van der Waals surface area contributed by atoms with Crippen LogP contribution in [0.1, 0.15) is 18.2 Å². The van der Waals surface area contributed by atoms with Gasteiger partial charge in [-0.15, -0.1) is 0 Å². The second kappa shape index (κ2) is 5.24. The van der Waals surface area contributed by atoms with Crippen LogP contribution in [0.2, 0.25) is 0 Å². The van der Waals surface area contributed by atoms with Gasteiger partial charge in [-0.25, -0.2) is 13.4 Å². The van der Waals surface area contributed by atoms with E-state index in [1.165, 1.54) is 0 Å².